The second kappa shape index (κ2) is 7.49. The largest absolute Gasteiger partial charge is 0.481 e. The fourth-order valence-corrected chi connectivity index (χ4v) is 1.86. The van der Waals surface area contributed by atoms with Crippen LogP contribution in [-0.2, 0) is 9.53 Å². The maximum absolute atomic E-state index is 11.7. The lowest BCUT2D eigenvalue weighted by atomic mass is 10.1. The van der Waals surface area contributed by atoms with Crippen LogP contribution in [0.2, 0.25) is 0 Å². The van der Waals surface area contributed by atoms with E-state index in [1.54, 1.807) is 0 Å². The van der Waals surface area contributed by atoms with Gasteiger partial charge in [-0.05, 0) is 37.1 Å². The zero-order chi connectivity index (χ0) is 15.1. The molecule has 0 aromatic heterocycles. The van der Waals surface area contributed by atoms with Crippen LogP contribution in [-0.4, -0.2) is 36.9 Å². The van der Waals surface area contributed by atoms with Gasteiger partial charge in [0.25, 0.3) is 0 Å². The van der Waals surface area contributed by atoms with Gasteiger partial charge in [0.15, 0.2) is 0 Å². The highest BCUT2D eigenvalue weighted by atomic mass is 16.5. The molecule has 0 radical (unpaired) electrons. The number of hydrogen-bond acceptors (Lipinski definition) is 3. The number of carbonyl (C=O) groups is 2. The summed E-state index contributed by atoms with van der Waals surface area (Å²) in [5.41, 5.74) is 2.81. The van der Waals surface area contributed by atoms with Crippen LogP contribution in [0.1, 0.15) is 17.5 Å². The number of benzene rings is 1. The van der Waals surface area contributed by atoms with Crippen molar-refractivity contribution in [3.63, 3.8) is 0 Å². The molecule has 0 fully saturated rings. The minimum absolute atomic E-state index is 0.138. The lowest BCUT2D eigenvalue weighted by molar-refractivity contribution is -0.139. The number of carboxylic acids is 1. The van der Waals surface area contributed by atoms with Crippen LogP contribution < -0.4 is 10.6 Å². The zero-order valence-corrected chi connectivity index (χ0v) is 11.9. The maximum atomic E-state index is 11.7. The second-order valence-electron chi connectivity index (χ2n) is 4.67. The molecule has 6 heteroatoms. The Hall–Kier alpha value is -2.08. The molecule has 110 valence electrons. The first-order valence-electron chi connectivity index (χ1n) is 6.28. The number of anilines is 1. The Morgan fingerprint density at radius 2 is 1.85 bits per heavy atom. The van der Waals surface area contributed by atoms with Gasteiger partial charge in [0.05, 0.1) is 12.5 Å². The van der Waals surface area contributed by atoms with E-state index in [2.05, 4.69) is 10.6 Å². The third kappa shape index (κ3) is 5.71. The van der Waals surface area contributed by atoms with Gasteiger partial charge >= 0.3 is 12.0 Å². The monoisotopic (exact) mass is 280 g/mol. The molecule has 0 bridgehead atoms. The number of amides is 2. The third-order valence-electron chi connectivity index (χ3n) is 2.71. The number of carbonyl (C=O) groups excluding carboxylic acids is 1. The summed E-state index contributed by atoms with van der Waals surface area (Å²) in [6, 6.07) is 5.34. The molecule has 1 aromatic carbocycles. The van der Waals surface area contributed by atoms with Crippen LogP contribution in [0.3, 0.4) is 0 Å². The van der Waals surface area contributed by atoms with E-state index < -0.39 is 12.1 Å². The Morgan fingerprint density at radius 1 is 1.25 bits per heavy atom. The Morgan fingerprint density at radius 3 is 2.35 bits per heavy atom. The summed E-state index contributed by atoms with van der Waals surface area (Å²) in [6.45, 7) is 4.03. The molecule has 3 N–H and O–H groups in total. The standard InChI is InChI=1S/C14H20N2O4/c1-9-4-10(2)6-11(5-9)16-14(19)15-8-12(20-3)7-13(17)18/h4-6,12H,7-8H2,1-3H3,(H,17,18)(H2,15,16,19). The van der Waals surface area contributed by atoms with Gasteiger partial charge in [-0.15, -0.1) is 0 Å². The van der Waals surface area contributed by atoms with Crippen molar-refractivity contribution in [3.05, 3.63) is 29.3 Å². The molecule has 1 unspecified atom stereocenters. The first-order valence-corrected chi connectivity index (χ1v) is 6.28. The highest BCUT2D eigenvalue weighted by Gasteiger charge is 2.13. The molecule has 1 atom stereocenters. The van der Waals surface area contributed by atoms with Crippen molar-refractivity contribution in [2.24, 2.45) is 0 Å². The van der Waals surface area contributed by atoms with E-state index in [9.17, 15) is 9.59 Å². The molecular weight excluding hydrogens is 260 g/mol. The molecule has 2 amide bonds. The van der Waals surface area contributed by atoms with Gasteiger partial charge in [0.2, 0.25) is 0 Å². The number of carboxylic acid groups (broad SMARTS) is 1. The zero-order valence-electron chi connectivity index (χ0n) is 11.9. The second-order valence-corrected chi connectivity index (χ2v) is 4.67. The first kappa shape index (κ1) is 16.0. The SMILES string of the molecule is COC(CNC(=O)Nc1cc(C)cc(C)c1)CC(=O)O. The van der Waals surface area contributed by atoms with Crippen LogP contribution >= 0.6 is 0 Å². The molecule has 0 heterocycles. The predicted octanol–water partition coefficient (Wildman–Crippen LogP) is 1.91. The molecule has 0 saturated heterocycles. The quantitative estimate of drug-likeness (QED) is 0.743. The Kier molecular flexibility index (Phi) is 5.99. The molecule has 0 aliphatic rings. The van der Waals surface area contributed by atoms with Gasteiger partial charge < -0.3 is 20.5 Å². The van der Waals surface area contributed by atoms with Crippen LogP contribution in [0.25, 0.3) is 0 Å². The van der Waals surface area contributed by atoms with E-state index in [1.165, 1.54) is 7.11 Å². The molecule has 0 saturated carbocycles. The van der Waals surface area contributed by atoms with Crippen LogP contribution in [0.15, 0.2) is 18.2 Å². The summed E-state index contributed by atoms with van der Waals surface area (Å²) in [5, 5.41) is 14.0. The van der Waals surface area contributed by atoms with Crippen molar-refractivity contribution in [1.29, 1.82) is 0 Å². The lowest BCUT2D eigenvalue weighted by Gasteiger charge is -2.14. The Balaban J connectivity index is 2.48. The van der Waals surface area contributed by atoms with Gasteiger partial charge in [0.1, 0.15) is 0 Å². The molecule has 1 aromatic rings. The normalized spacial score (nSPS) is 11.8. The topological polar surface area (TPSA) is 87.7 Å². The predicted molar refractivity (Wildman–Crippen MR) is 76.0 cm³/mol. The Bertz CT molecular complexity index is 468. The average Bonchev–Trinajstić information content (AvgIpc) is 2.32. The summed E-state index contributed by atoms with van der Waals surface area (Å²) >= 11 is 0. The fourth-order valence-electron chi connectivity index (χ4n) is 1.86. The van der Waals surface area contributed by atoms with Crippen molar-refractivity contribution in [2.45, 2.75) is 26.4 Å². The summed E-state index contributed by atoms with van der Waals surface area (Å²) in [4.78, 5) is 22.3. The molecular formula is C14H20N2O4. The van der Waals surface area contributed by atoms with Crippen molar-refractivity contribution in [2.75, 3.05) is 19.0 Å². The van der Waals surface area contributed by atoms with Gasteiger partial charge in [-0.3, -0.25) is 4.79 Å². The summed E-state index contributed by atoms with van der Waals surface area (Å²) in [6.07, 6.45) is -0.696. The molecule has 0 spiro atoms. The van der Waals surface area contributed by atoms with Gasteiger partial charge in [-0.2, -0.15) is 0 Å². The summed E-state index contributed by atoms with van der Waals surface area (Å²) in [5.74, 6) is -0.964. The number of aliphatic carboxylic acids is 1. The van der Waals surface area contributed by atoms with E-state index >= 15 is 0 Å². The number of urea groups is 1. The number of aryl methyl sites for hydroxylation is 2. The number of methoxy groups -OCH3 is 1. The Labute approximate surface area is 118 Å². The molecule has 0 aliphatic heterocycles. The lowest BCUT2D eigenvalue weighted by Crippen LogP contribution is -2.37. The van der Waals surface area contributed by atoms with E-state index in [0.717, 1.165) is 11.1 Å². The number of ether oxygens (including phenoxy) is 1. The number of nitrogens with one attached hydrogen (secondary N) is 2. The minimum atomic E-state index is -0.964. The van der Waals surface area contributed by atoms with Crippen LogP contribution in [0, 0.1) is 13.8 Å². The summed E-state index contributed by atoms with van der Waals surface area (Å²) in [7, 11) is 1.41. The first-order chi connectivity index (χ1) is 9.40. The molecule has 1 rings (SSSR count). The van der Waals surface area contributed by atoms with Gasteiger partial charge in [-0.1, -0.05) is 6.07 Å². The average molecular weight is 280 g/mol. The van der Waals surface area contributed by atoms with Crippen molar-refractivity contribution in [3.8, 4) is 0 Å². The van der Waals surface area contributed by atoms with Crippen LogP contribution in [0.5, 0.6) is 0 Å². The number of rotatable bonds is 6. The van der Waals surface area contributed by atoms with E-state index in [4.69, 9.17) is 9.84 Å². The fraction of sp³-hybridized carbons (Fsp3) is 0.429. The highest BCUT2D eigenvalue weighted by Crippen LogP contribution is 2.13. The minimum Gasteiger partial charge on any atom is -0.481 e. The molecule has 6 nitrogen and oxygen atoms in total. The van der Waals surface area contributed by atoms with Crippen LogP contribution in [0.4, 0.5) is 10.5 Å². The van der Waals surface area contributed by atoms with Crippen molar-refractivity contribution in [1.82, 2.24) is 5.32 Å². The van der Waals surface area contributed by atoms with Crippen molar-refractivity contribution < 1.29 is 19.4 Å². The third-order valence-corrected chi connectivity index (χ3v) is 2.71. The smallest absolute Gasteiger partial charge is 0.319 e. The van der Waals surface area contributed by atoms with E-state index in [1.807, 2.05) is 32.0 Å². The maximum Gasteiger partial charge on any atom is 0.319 e. The highest BCUT2D eigenvalue weighted by molar-refractivity contribution is 5.89. The summed E-state index contributed by atoms with van der Waals surface area (Å²) < 4.78 is 4.98. The number of hydrogen-bond donors (Lipinski definition) is 3. The molecule has 20 heavy (non-hydrogen) atoms. The van der Waals surface area contributed by atoms with E-state index in [-0.39, 0.29) is 19.0 Å². The molecule has 0 aliphatic carbocycles. The van der Waals surface area contributed by atoms with Gasteiger partial charge in [0, 0.05) is 19.3 Å². The van der Waals surface area contributed by atoms with Crippen molar-refractivity contribution >= 4 is 17.7 Å². The van der Waals surface area contributed by atoms with E-state index in [0.29, 0.717) is 5.69 Å². The van der Waals surface area contributed by atoms with Gasteiger partial charge in [-0.25, -0.2) is 4.79 Å².